The predicted octanol–water partition coefficient (Wildman–Crippen LogP) is 6.51. The Morgan fingerprint density at radius 1 is 1.09 bits per heavy atom. The summed E-state index contributed by atoms with van der Waals surface area (Å²) >= 11 is 5.83. The summed E-state index contributed by atoms with van der Waals surface area (Å²) in [5.74, 6) is -2.78. The van der Waals surface area contributed by atoms with Gasteiger partial charge >= 0.3 is 12.3 Å². The molecule has 184 valence electrons. The van der Waals surface area contributed by atoms with Gasteiger partial charge in [-0.2, -0.15) is 0 Å². The number of carboxylic acid groups (broad SMARTS) is 1. The van der Waals surface area contributed by atoms with Crippen molar-refractivity contribution in [1.29, 1.82) is 0 Å². The van der Waals surface area contributed by atoms with Crippen molar-refractivity contribution in [2.75, 3.05) is 19.6 Å². The number of benzene rings is 2. The van der Waals surface area contributed by atoms with Gasteiger partial charge in [0.05, 0.1) is 5.52 Å². The van der Waals surface area contributed by atoms with Crippen LogP contribution < -0.4 is 4.74 Å². The standard InChI is InChI=1S/C18H11ClF3NO4.C6H15N/c1-8-6-11(27-18(20,21)22)7-12-13(17(25)26)16(24)15(23-14(8)12)9-2-4-10(19)5-3-9;1-4-7(5-2)6-3/h2-7,24H,1H3,(H,25,26);4-6H2,1-3H3. The smallest absolute Gasteiger partial charge is 0.505 e. The molecule has 0 spiro atoms. The summed E-state index contributed by atoms with van der Waals surface area (Å²) in [6.07, 6.45) is -4.94. The van der Waals surface area contributed by atoms with Crippen LogP contribution in [0.3, 0.4) is 0 Å². The lowest BCUT2D eigenvalue weighted by atomic mass is 10.00. The lowest BCUT2D eigenvalue weighted by molar-refractivity contribution is -0.274. The van der Waals surface area contributed by atoms with E-state index in [2.05, 4.69) is 35.4 Å². The van der Waals surface area contributed by atoms with Crippen molar-refractivity contribution < 1.29 is 32.9 Å². The summed E-state index contributed by atoms with van der Waals surface area (Å²) in [5.41, 5.74) is 0.190. The number of carbonyl (C=O) groups is 1. The van der Waals surface area contributed by atoms with Gasteiger partial charge in [0.25, 0.3) is 0 Å². The van der Waals surface area contributed by atoms with Gasteiger partial charge in [0.15, 0.2) is 5.75 Å². The number of aromatic carboxylic acids is 1. The number of nitrogens with zero attached hydrogens (tertiary/aromatic N) is 2. The molecule has 6 nitrogen and oxygen atoms in total. The molecule has 0 unspecified atom stereocenters. The highest BCUT2D eigenvalue weighted by Crippen LogP contribution is 2.39. The van der Waals surface area contributed by atoms with E-state index < -0.39 is 29.4 Å². The lowest BCUT2D eigenvalue weighted by Crippen LogP contribution is -2.21. The first-order valence-corrected chi connectivity index (χ1v) is 10.9. The van der Waals surface area contributed by atoms with Crippen LogP contribution in [0.4, 0.5) is 13.2 Å². The molecule has 0 amide bonds. The van der Waals surface area contributed by atoms with Gasteiger partial charge in [0, 0.05) is 16.0 Å². The van der Waals surface area contributed by atoms with E-state index in [9.17, 15) is 28.2 Å². The number of hydrogen-bond donors (Lipinski definition) is 2. The van der Waals surface area contributed by atoms with E-state index in [1.165, 1.54) is 50.8 Å². The van der Waals surface area contributed by atoms with Gasteiger partial charge in [0.1, 0.15) is 17.0 Å². The maximum Gasteiger partial charge on any atom is 0.573 e. The minimum absolute atomic E-state index is 0.0239. The fourth-order valence-electron chi connectivity index (χ4n) is 3.39. The van der Waals surface area contributed by atoms with Crippen LogP contribution in [0.25, 0.3) is 22.2 Å². The number of carboxylic acids is 1. The molecule has 0 atom stereocenters. The van der Waals surface area contributed by atoms with E-state index in [0.717, 1.165) is 12.1 Å². The van der Waals surface area contributed by atoms with Crippen LogP contribution in [0.5, 0.6) is 11.5 Å². The van der Waals surface area contributed by atoms with Crippen molar-refractivity contribution in [3.63, 3.8) is 0 Å². The lowest BCUT2D eigenvalue weighted by Gasteiger charge is -2.15. The van der Waals surface area contributed by atoms with Crippen molar-refractivity contribution in [2.45, 2.75) is 34.1 Å². The fraction of sp³-hybridized carbons (Fsp3) is 0.333. The Morgan fingerprint density at radius 2 is 1.65 bits per heavy atom. The van der Waals surface area contributed by atoms with Crippen molar-refractivity contribution >= 4 is 28.5 Å². The molecule has 0 aliphatic heterocycles. The molecule has 0 radical (unpaired) electrons. The van der Waals surface area contributed by atoms with Crippen molar-refractivity contribution in [2.24, 2.45) is 0 Å². The molecule has 1 heterocycles. The Kier molecular flexibility index (Phi) is 9.12. The molecule has 0 aliphatic carbocycles. The van der Waals surface area contributed by atoms with Crippen LogP contribution in [-0.4, -0.2) is 52.1 Å². The number of aryl methyl sites for hydroxylation is 1. The normalized spacial score (nSPS) is 11.3. The molecule has 0 aliphatic rings. The highest BCUT2D eigenvalue weighted by molar-refractivity contribution is 6.30. The molecule has 0 fully saturated rings. The van der Waals surface area contributed by atoms with E-state index in [-0.39, 0.29) is 22.2 Å². The Morgan fingerprint density at radius 3 is 2.09 bits per heavy atom. The summed E-state index contributed by atoms with van der Waals surface area (Å²) in [5, 5.41) is 20.2. The van der Waals surface area contributed by atoms with Crippen molar-refractivity contribution in [3.05, 3.63) is 52.5 Å². The fourth-order valence-corrected chi connectivity index (χ4v) is 3.51. The SMILES string of the molecule is CCN(CC)CC.Cc1cc(OC(F)(F)F)cc2c(C(=O)O)c(O)c(-c3ccc(Cl)cc3)nc12. The third-order valence-electron chi connectivity index (χ3n) is 5.13. The van der Waals surface area contributed by atoms with E-state index >= 15 is 0 Å². The molecule has 34 heavy (non-hydrogen) atoms. The molecular formula is C24H26ClF3N2O4. The monoisotopic (exact) mass is 498 g/mol. The number of aromatic hydroxyl groups is 1. The number of halogens is 4. The van der Waals surface area contributed by atoms with E-state index in [1.54, 1.807) is 0 Å². The first-order chi connectivity index (χ1) is 15.9. The van der Waals surface area contributed by atoms with Gasteiger partial charge in [-0.3, -0.25) is 0 Å². The van der Waals surface area contributed by atoms with E-state index in [1.807, 2.05) is 0 Å². The Balaban J connectivity index is 0.000000509. The number of ether oxygens (including phenoxy) is 1. The van der Waals surface area contributed by atoms with Gasteiger partial charge < -0.3 is 19.8 Å². The van der Waals surface area contributed by atoms with Crippen LogP contribution in [0.1, 0.15) is 36.7 Å². The average molecular weight is 499 g/mol. The maximum absolute atomic E-state index is 12.5. The minimum atomic E-state index is -4.94. The van der Waals surface area contributed by atoms with Crippen LogP contribution >= 0.6 is 11.6 Å². The second kappa shape index (κ2) is 11.4. The average Bonchev–Trinajstić information content (AvgIpc) is 2.74. The number of alkyl halides is 3. The topological polar surface area (TPSA) is 82.9 Å². The van der Waals surface area contributed by atoms with Crippen LogP contribution in [0.2, 0.25) is 5.02 Å². The molecule has 0 saturated carbocycles. The summed E-state index contributed by atoms with van der Waals surface area (Å²) in [6.45, 7) is 11.6. The summed E-state index contributed by atoms with van der Waals surface area (Å²) in [4.78, 5) is 18.3. The molecule has 1 aromatic heterocycles. The number of rotatable bonds is 6. The minimum Gasteiger partial charge on any atom is -0.505 e. The van der Waals surface area contributed by atoms with Crippen LogP contribution in [0, 0.1) is 6.92 Å². The Labute approximate surface area is 200 Å². The zero-order chi connectivity index (χ0) is 25.6. The molecular weight excluding hydrogens is 473 g/mol. The number of aromatic nitrogens is 1. The molecule has 0 saturated heterocycles. The maximum atomic E-state index is 12.5. The first-order valence-electron chi connectivity index (χ1n) is 10.6. The van der Waals surface area contributed by atoms with Gasteiger partial charge in [-0.15, -0.1) is 13.2 Å². The zero-order valence-corrected chi connectivity index (χ0v) is 20.0. The number of hydrogen-bond acceptors (Lipinski definition) is 5. The number of fused-ring (bicyclic) bond motifs is 1. The zero-order valence-electron chi connectivity index (χ0n) is 19.2. The number of pyridine rings is 1. The molecule has 2 aromatic carbocycles. The van der Waals surface area contributed by atoms with Crippen LogP contribution in [-0.2, 0) is 0 Å². The Bertz CT molecular complexity index is 1140. The second-order valence-corrected chi connectivity index (χ2v) is 7.74. The van der Waals surface area contributed by atoms with Gasteiger partial charge in [-0.25, -0.2) is 9.78 Å². The first kappa shape index (κ1) is 27.2. The van der Waals surface area contributed by atoms with Gasteiger partial charge in [-0.1, -0.05) is 44.5 Å². The van der Waals surface area contributed by atoms with Crippen molar-refractivity contribution in [3.8, 4) is 22.8 Å². The molecule has 3 rings (SSSR count). The highest BCUT2D eigenvalue weighted by atomic mass is 35.5. The van der Waals surface area contributed by atoms with Gasteiger partial charge in [-0.05, 0) is 56.4 Å². The molecule has 3 aromatic rings. The molecule has 0 bridgehead atoms. The Hall–Kier alpha value is -3.04. The second-order valence-electron chi connectivity index (χ2n) is 7.30. The van der Waals surface area contributed by atoms with Crippen molar-refractivity contribution in [1.82, 2.24) is 9.88 Å². The summed E-state index contributed by atoms with van der Waals surface area (Å²) < 4.78 is 41.4. The largest absolute Gasteiger partial charge is 0.573 e. The van der Waals surface area contributed by atoms with E-state index in [4.69, 9.17) is 11.6 Å². The molecule has 2 N–H and O–H groups in total. The van der Waals surface area contributed by atoms with Crippen LogP contribution in [0.15, 0.2) is 36.4 Å². The van der Waals surface area contributed by atoms with E-state index in [0.29, 0.717) is 10.6 Å². The third kappa shape index (κ3) is 6.74. The summed E-state index contributed by atoms with van der Waals surface area (Å²) in [7, 11) is 0. The summed E-state index contributed by atoms with van der Waals surface area (Å²) in [6, 6.07) is 8.14. The quantitative estimate of drug-likeness (QED) is 0.403. The highest BCUT2D eigenvalue weighted by Gasteiger charge is 2.32. The third-order valence-corrected chi connectivity index (χ3v) is 5.39. The molecule has 10 heteroatoms. The predicted molar refractivity (Wildman–Crippen MR) is 126 cm³/mol. The van der Waals surface area contributed by atoms with Gasteiger partial charge in [0.2, 0.25) is 0 Å².